The maximum absolute atomic E-state index is 12.6. The molecule has 1 N–H and O–H groups in total. The van der Waals surface area contributed by atoms with Crippen LogP contribution in [0, 0.1) is 0 Å². The highest BCUT2D eigenvalue weighted by atomic mass is 16.5. The number of methoxy groups -OCH3 is 1. The second-order valence-electron chi connectivity index (χ2n) is 5.44. The van der Waals surface area contributed by atoms with Crippen molar-refractivity contribution in [2.45, 2.75) is 6.61 Å². The van der Waals surface area contributed by atoms with Crippen LogP contribution >= 0.6 is 0 Å². The predicted octanol–water partition coefficient (Wildman–Crippen LogP) is 4.53. The third-order valence-electron chi connectivity index (χ3n) is 3.75. The van der Waals surface area contributed by atoms with Crippen molar-refractivity contribution >= 4 is 11.6 Å². The SMILES string of the molecule is COc1ccc(NC(=O)c2ccccc2COc2ccccc2)cc1. The van der Waals surface area contributed by atoms with E-state index in [1.54, 1.807) is 37.4 Å². The Balaban J connectivity index is 1.71. The fourth-order valence-corrected chi connectivity index (χ4v) is 2.42. The van der Waals surface area contributed by atoms with Gasteiger partial charge in [-0.25, -0.2) is 0 Å². The maximum Gasteiger partial charge on any atom is 0.256 e. The summed E-state index contributed by atoms with van der Waals surface area (Å²) >= 11 is 0. The number of para-hydroxylation sites is 1. The predicted molar refractivity (Wildman–Crippen MR) is 98.2 cm³/mol. The molecule has 0 aliphatic heterocycles. The van der Waals surface area contributed by atoms with Crippen molar-refractivity contribution in [3.63, 3.8) is 0 Å². The summed E-state index contributed by atoms with van der Waals surface area (Å²) in [5.41, 5.74) is 2.14. The van der Waals surface area contributed by atoms with Crippen molar-refractivity contribution in [3.8, 4) is 11.5 Å². The highest BCUT2D eigenvalue weighted by Gasteiger charge is 2.11. The van der Waals surface area contributed by atoms with E-state index in [9.17, 15) is 4.79 Å². The van der Waals surface area contributed by atoms with Crippen molar-refractivity contribution in [1.29, 1.82) is 0 Å². The summed E-state index contributed by atoms with van der Waals surface area (Å²) in [6.45, 7) is 0.330. The lowest BCUT2D eigenvalue weighted by Gasteiger charge is -2.12. The fraction of sp³-hybridized carbons (Fsp3) is 0.0952. The molecule has 4 nitrogen and oxygen atoms in total. The average molecular weight is 333 g/mol. The molecule has 3 aromatic carbocycles. The van der Waals surface area contributed by atoms with Crippen molar-refractivity contribution in [2.24, 2.45) is 0 Å². The van der Waals surface area contributed by atoms with Crippen LogP contribution in [0.1, 0.15) is 15.9 Å². The summed E-state index contributed by atoms with van der Waals surface area (Å²) in [4.78, 5) is 12.6. The van der Waals surface area contributed by atoms with E-state index < -0.39 is 0 Å². The number of benzene rings is 3. The van der Waals surface area contributed by atoms with Crippen molar-refractivity contribution in [2.75, 3.05) is 12.4 Å². The van der Waals surface area contributed by atoms with Gasteiger partial charge in [-0.3, -0.25) is 4.79 Å². The fourth-order valence-electron chi connectivity index (χ4n) is 2.42. The van der Waals surface area contributed by atoms with E-state index in [0.717, 1.165) is 17.1 Å². The zero-order valence-corrected chi connectivity index (χ0v) is 13.9. The van der Waals surface area contributed by atoms with Crippen LogP contribution in [-0.4, -0.2) is 13.0 Å². The first kappa shape index (κ1) is 16.6. The number of anilines is 1. The number of carbonyl (C=O) groups is 1. The first-order chi connectivity index (χ1) is 12.3. The van der Waals surface area contributed by atoms with Crippen molar-refractivity contribution in [3.05, 3.63) is 90.0 Å². The van der Waals surface area contributed by atoms with Gasteiger partial charge in [-0.15, -0.1) is 0 Å². The number of nitrogens with one attached hydrogen (secondary N) is 1. The van der Waals surface area contributed by atoms with Crippen LogP contribution in [0.2, 0.25) is 0 Å². The molecule has 0 spiro atoms. The van der Waals surface area contributed by atoms with Crippen LogP contribution in [0.5, 0.6) is 11.5 Å². The van der Waals surface area contributed by atoms with Gasteiger partial charge in [0.15, 0.2) is 0 Å². The summed E-state index contributed by atoms with van der Waals surface area (Å²) in [6.07, 6.45) is 0. The molecule has 3 aromatic rings. The van der Waals surface area contributed by atoms with Crippen LogP contribution in [-0.2, 0) is 6.61 Å². The number of hydrogen-bond donors (Lipinski definition) is 1. The van der Waals surface area contributed by atoms with Crippen molar-refractivity contribution in [1.82, 2.24) is 0 Å². The van der Waals surface area contributed by atoms with E-state index in [1.807, 2.05) is 48.5 Å². The smallest absolute Gasteiger partial charge is 0.256 e. The molecule has 0 fully saturated rings. The number of amides is 1. The quantitative estimate of drug-likeness (QED) is 0.721. The van der Waals surface area contributed by atoms with E-state index in [2.05, 4.69) is 5.32 Å². The molecule has 126 valence electrons. The molecule has 0 atom stereocenters. The van der Waals surface area contributed by atoms with Crippen LogP contribution in [0.3, 0.4) is 0 Å². The lowest BCUT2D eigenvalue weighted by atomic mass is 10.1. The van der Waals surface area contributed by atoms with E-state index >= 15 is 0 Å². The van der Waals surface area contributed by atoms with Crippen LogP contribution in [0.4, 0.5) is 5.69 Å². The normalized spacial score (nSPS) is 10.1. The Labute approximate surface area is 147 Å². The maximum atomic E-state index is 12.6. The third kappa shape index (κ3) is 4.38. The molecule has 0 saturated heterocycles. The van der Waals surface area contributed by atoms with Crippen LogP contribution < -0.4 is 14.8 Å². The molecule has 0 saturated carbocycles. The summed E-state index contributed by atoms with van der Waals surface area (Å²) < 4.78 is 10.9. The van der Waals surface area contributed by atoms with Gasteiger partial charge in [0, 0.05) is 16.8 Å². The minimum atomic E-state index is -0.169. The van der Waals surface area contributed by atoms with Gasteiger partial charge in [-0.2, -0.15) is 0 Å². The monoisotopic (exact) mass is 333 g/mol. The molecule has 0 aromatic heterocycles. The molecule has 0 aliphatic rings. The third-order valence-corrected chi connectivity index (χ3v) is 3.75. The molecule has 0 aliphatic carbocycles. The largest absolute Gasteiger partial charge is 0.497 e. The number of hydrogen-bond acceptors (Lipinski definition) is 3. The highest BCUT2D eigenvalue weighted by Crippen LogP contribution is 2.18. The summed E-state index contributed by atoms with van der Waals surface area (Å²) in [5, 5.41) is 2.90. The first-order valence-electron chi connectivity index (χ1n) is 7.97. The zero-order valence-electron chi connectivity index (χ0n) is 13.9. The first-order valence-corrected chi connectivity index (χ1v) is 7.97. The molecular weight excluding hydrogens is 314 g/mol. The molecule has 0 unspecified atom stereocenters. The Bertz CT molecular complexity index is 829. The minimum Gasteiger partial charge on any atom is -0.497 e. The Kier molecular flexibility index (Phi) is 5.32. The molecule has 0 radical (unpaired) electrons. The molecule has 0 heterocycles. The summed E-state index contributed by atoms with van der Waals surface area (Å²) in [7, 11) is 1.61. The second-order valence-corrected chi connectivity index (χ2v) is 5.44. The molecule has 4 heteroatoms. The lowest BCUT2D eigenvalue weighted by molar-refractivity contribution is 0.102. The van der Waals surface area contributed by atoms with Crippen LogP contribution in [0.25, 0.3) is 0 Å². The van der Waals surface area contributed by atoms with E-state index in [1.165, 1.54) is 0 Å². The van der Waals surface area contributed by atoms with Gasteiger partial charge < -0.3 is 14.8 Å². The lowest BCUT2D eigenvalue weighted by Crippen LogP contribution is -2.15. The molecule has 3 rings (SSSR count). The topological polar surface area (TPSA) is 47.6 Å². The Hall–Kier alpha value is -3.27. The van der Waals surface area contributed by atoms with Gasteiger partial charge in [0.05, 0.1) is 7.11 Å². The summed E-state index contributed by atoms with van der Waals surface area (Å²) in [6, 6.07) is 24.2. The van der Waals surface area contributed by atoms with E-state index in [0.29, 0.717) is 17.9 Å². The number of carbonyl (C=O) groups excluding carboxylic acids is 1. The molecular formula is C21H19NO3. The van der Waals surface area contributed by atoms with Crippen molar-refractivity contribution < 1.29 is 14.3 Å². The minimum absolute atomic E-state index is 0.169. The average Bonchev–Trinajstić information content (AvgIpc) is 2.68. The van der Waals surface area contributed by atoms with Gasteiger partial charge in [-0.1, -0.05) is 36.4 Å². The zero-order chi connectivity index (χ0) is 17.5. The van der Waals surface area contributed by atoms with Gasteiger partial charge in [0.2, 0.25) is 0 Å². The highest BCUT2D eigenvalue weighted by molar-refractivity contribution is 6.05. The second kappa shape index (κ2) is 8.02. The Morgan fingerprint density at radius 1 is 0.840 bits per heavy atom. The van der Waals surface area contributed by atoms with Crippen LogP contribution in [0.15, 0.2) is 78.9 Å². The standard InChI is InChI=1S/C21H19NO3/c1-24-18-13-11-17(12-14-18)22-21(23)20-10-6-5-7-16(20)15-25-19-8-3-2-4-9-19/h2-14H,15H2,1H3,(H,22,23). The summed E-state index contributed by atoms with van der Waals surface area (Å²) in [5.74, 6) is 1.35. The van der Waals surface area contributed by atoms with Gasteiger partial charge in [-0.05, 0) is 42.5 Å². The van der Waals surface area contributed by atoms with Gasteiger partial charge >= 0.3 is 0 Å². The Morgan fingerprint density at radius 3 is 2.24 bits per heavy atom. The number of ether oxygens (including phenoxy) is 2. The molecule has 1 amide bonds. The van der Waals surface area contributed by atoms with Gasteiger partial charge in [0.1, 0.15) is 18.1 Å². The van der Waals surface area contributed by atoms with E-state index in [-0.39, 0.29) is 5.91 Å². The molecule has 0 bridgehead atoms. The molecule has 25 heavy (non-hydrogen) atoms. The van der Waals surface area contributed by atoms with Gasteiger partial charge in [0.25, 0.3) is 5.91 Å². The van der Waals surface area contributed by atoms with E-state index in [4.69, 9.17) is 9.47 Å². The Morgan fingerprint density at radius 2 is 1.52 bits per heavy atom. The number of rotatable bonds is 6.